The first-order valence-corrected chi connectivity index (χ1v) is 6.62. The van der Waals surface area contributed by atoms with Crippen LogP contribution in [0.15, 0.2) is 24.3 Å². The first-order chi connectivity index (χ1) is 8.22. The van der Waals surface area contributed by atoms with Crippen LogP contribution in [0.1, 0.15) is 49.4 Å². The van der Waals surface area contributed by atoms with Crippen LogP contribution < -0.4 is 5.73 Å². The largest absolute Gasteiger partial charge is 0.399 e. The molecule has 2 atom stereocenters. The Hall–Kier alpha value is -1.31. The average molecular weight is 231 g/mol. The van der Waals surface area contributed by atoms with Gasteiger partial charge in [-0.25, -0.2) is 0 Å². The average Bonchev–Trinajstić information content (AvgIpc) is 2.39. The molecule has 2 N–H and O–H groups in total. The van der Waals surface area contributed by atoms with Gasteiger partial charge in [0.2, 0.25) is 0 Å². The molecular formula is C15H21NO. The second-order valence-electron chi connectivity index (χ2n) is 5.05. The van der Waals surface area contributed by atoms with E-state index in [9.17, 15) is 4.79 Å². The summed E-state index contributed by atoms with van der Waals surface area (Å²) in [5, 5.41) is 0. The summed E-state index contributed by atoms with van der Waals surface area (Å²) in [6.07, 6.45) is 5.86. The third-order valence-corrected chi connectivity index (χ3v) is 3.97. The smallest absolute Gasteiger partial charge is 0.166 e. The Morgan fingerprint density at radius 2 is 1.88 bits per heavy atom. The second kappa shape index (κ2) is 5.35. The highest BCUT2D eigenvalue weighted by atomic mass is 16.1. The van der Waals surface area contributed by atoms with Gasteiger partial charge < -0.3 is 5.73 Å². The number of nitrogens with two attached hydrogens (primary N) is 1. The minimum Gasteiger partial charge on any atom is -0.399 e. The molecule has 1 saturated carbocycles. The summed E-state index contributed by atoms with van der Waals surface area (Å²) < 4.78 is 0. The molecule has 1 aliphatic carbocycles. The summed E-state index contributed by atoms with van der Waals surface area (Å²) >= 11 is 0. The number of anilines is 1. The molecule has 1 aliphatic rings. The lowest BCUT2D eigenvalue weighted by molar-refractivity contribution is 0.0820. The lowest BCUT2D eigenvalue weighted by Crippen LogP contribution is -2.26. The van der Waals surface area contributed by atoms with E-state index in [0.29, 0.717) is 11.7 Å². The summed E-state index contributed by atoms with van der Waals surface area (Å²) in [4.78, 5) is 12.4. The van der Waals surface area contributed by atoms with Gasteiger partial charge in [-0.3, -0.25) is 4.79 Å². The van der Waals surface area contributed by atoms with Gasteiger partial charge in [0.05, 0.1) is 0 Å². The highest BCUT2D eigenvalue weighted by Gasteiger charge is 2.29. The molecule has 0 amide bonds. The summed E-state index contributed by atoms with van der Waals surface area (Å²) in [6.45, 7) is 2.19. The Labute approximate surface area is 103 Å². The fraction of sp³-hybridized carbons (Fsp3) is 0.533. The summed E-state index contributed by atoms with van der Waals surface area (Å²) in [6, 6.07) is 7.35. The van der Waals surface area contributed by atoms with Crippen molar-refractivity contribution in [3.05, 3.63) is 29.8 Å². The zero-order valence-corrected chi connectivity index (χ0v) is 10.5. The van der Waals surface area contributed by atoms with Crippen molar-refractivity contribution in [3.8, 4) is 0 Å². The predicted molar refractivity (Wildman–Crippen MR) is 70.9 cm³/mol. The molecule has 2 heteroatoms. The number of hydrogen-bond donors (Lipinski definition) is 1. The quantitative estimate of drug-likeness (QED) is 0.637. The van der Waals surface area contributed by atoms with E-state index in [0.717, 1.165) is 24.1 Å². The highest BCUT2D eigenvalue weighted by molar-refractivity contribution is 5.98. The second-order valence-corrected chi connectivity index (χ2v) is 5.05. The van der Waals surface area contributed by atoms with Crippen LogP contribution in [0.5, 0.6) is 0 Å². The molecule has 0 aliphatic heterocycles. The monoisotopic (exact) mass is 231 g/mol. The molecule has 17 heavy (non-hydrogen) atoms. The van der Waals surface area contributed by atoms with Crippen LogP contribution in [0.4, 0.5) is 5.69 Å². The fourth-order valence-corrected chi connectivity index (χ4v) is 2.90. The van der Waals surface area contributed by atoms with E-state index < -0.39 is 0 Å². The molecule has 0 bridgehead atoms. The van der Waals surface area contributed by atoms with Gasteiger partial charge in [0.15, 0.2) is 5.78 Å². The molecular weight excluding hydrogens is 210 g/mol. The van der Waals surface area contributed by atoms with E-state index in [1.54, 1.807) is 0 Å². The zero-order valence-electron chi connectivity index (χ0n) is 10.5. The highest BCUT2D eigenvalue weighted by Crippen LogP contribution is 2.34. The molecule has 1 aromatic rings. The molecule has 1 aromatic carbocycles. The Kier molecular flexibility index (Phi) is 3.82. The van der Waals surface area contributed by atoms with Crippen molar-refractivity contribution in [3.63, 3.8) is 0 Å². The van der Waals surface area contributed by atoms with E-state index in [4.69, 9.17) is 5.73 Å². The summed E-state index contributed by atoms with van der Waals surface area (Å²) in [5.41, 5.74) is 7.19. The Morgan fingerprint density at radius 3 is 2.53 bits per heavy atom. The van der Waals surface area contributed by atoms with Gasteiger partial charge in [0.1, 0.15) is 0 Å². The van der Waals surface area contributed by atoms with Gasteiger partial charge in [-0.2, -0.15) is 0 Å². The van der Waals surface area contributed by atoms with Gasteiger partial charge in [0.25, 0.3) is 0 Å². The van der Waals surface area contributed by atoms with Gasteiger partial charge >= 0.3 is 0 Å². The van der Waals surface area contributed by atoms with Crippen molar-refractivity contribution in [2.24, 2.45) is 11.8 Å². The van der Waals surface area contributed by atoms with Crippen molar-refractivity contribution in [1.82, 2.24) is 0 Å². The number of carbonyl (C=O) groups is 1. The molecule has 2 rings (SSSR count). The van der Waals surface area contributed by atoms with E-state index >= 15 is 0 Å². The molecule has 2 unspecified atom stereocenters. The fourth-order valence-electron chi connectivity index (χ4n) is 2.90. The number of ketones is 1. The first-order valence-electron chi connectivity index (χ1n) is 6.62. The Bertz CT molecular complexity index is 382. The number of nitrogen functional groups attached to an aromatic ring is 1. The lowest BCUT2D eigenvalue weighted by Gasteiger charge is -2.29. The zero-order chi connectivity index (χ0) is 12.3. The maximum absolute atomic E-state index is 12.4. The summed E-state index contributed by atoms with van der Waals surface area (Å²) in [5.74, 6) is 1.13. The number of hydrogen-bond acceptors (Lipinski definition) is 2. The molecule has 92 valence electrons. The first kappa shape index (κ1) is 12.2. The molecule has 0 aromatic heterocycles. The van der Waals surface area contributed by atoms with Crippen LogP contribution in [0, 0.1) is 11.8 Å². The van der Waals surface area contributed by atoms with Crippen LogP contribution in [-0.2, 0) is 0 Å². The van der Waals surface area contributed by atoms with Crippen molar-refractivity contribution >= 4 is 11.5 Å². The Balaban J connectivity index is 2.15. The van der Waals surface area contributed by atoms with Crippen LogP contribution in [-0.4, -0.2) is 5.78 Å². The van der Waals surface area contributed by atoms with Crippen LogP contribution in [0.25, 0.3) is 0 Å². The van der Waals surface area contributed by atoms with Crippen LogP contribution >= 0.6 is 0 Å². The van der Waals surface area contributed by atoms with E-state index in [1.165, 1.54) is 19.3 Å². The lowest BCUT2D eigenvalue weighted by atomic mass is 9.74. The topological polar surface area (TPSA) is 43.1 Å². The normalized spacial score (nSPS) is 24.5. The van der Waals surface area contributed by atoms with Crippen LogP contribution in [0.2, 0.25) is 0 Å². The maximum atomic E-state index is 12.4. The van der Waals surface area contributed by atoms with E-state index in [1.807, 2.05) is 24.3 Å². The molecule has 0 saturated heterocycles. The van der Waals surface area contributed by atoms with Gasteiger partial charge in [-0.05, 0) is 43.0 Å². The minimum atomic E-state index is 0.234. The number of rotatable bonds is 3. The number of Topliss-reactive ketones (excluding diaryl/α,β-unsaturated/α-hetero) is 1. The van der Waals surface area contributed by atoms with E-state index in [-0.39, 0.29) is 5.92 Å². The van der Waals surface area contributed by atoms with Crippen molar-refractivity contribution < 1.29 is 4.79 Å². The summed E-state index contributed by atoms with van der Waals surface area (Å²) in [7, 11) is 0. The molecule has 1 fully saturated rings. The van der Waals surface area contributed by atoms with Crippen molar-refractivity contribution in [1.29, 1.82) is 0 Å². The van der Waals surface area contributed by atoms with Crippen molar-refractivity contribution in [2.75, 3.05) is 5.73 Å². The molecule has 2 nitrogen and oxygen atoms in total. The molecule has 0 heterocycles. The SMILES string of the molecule is CCC1CCCCC1C(=O)c1ccc(N)cc1. The Morgan fingerprint density at radius 1 is 1.24 bits per heavy atom. The minimum absolute atomic E-state index is 0.234. The van der Waals surface area contributed by atoms with Crippen LogP contribution in [0.3, 0.4) is 0 Å². The standard InChI is InChI=1S/C15H21NO/c1-2-11-5-3-4-6-14(11)15(17)12-7-9-13(16)10-8-12/h7-11,14H,2-6,16H2,1H3. The third-order valence-electron chi connectivity index (χ3n) is 3.97. The number of benzene rings is 1. The molecule has 0 spiro atoms. The molecule has 0 radical (unpaired) electrons. The maximum Gasteiger partial charge on any atom is 0.166 e. The van der Waals surface area contributed by atoms with Crippen molar-refractivity contribution in [2.45, 2.75) is 39.0 Å². The van der Waals surface area contributed by atoms with Gasteiger partial charge in [0, 0.05) is 17.2 Å². The number of carbonyl (C=O) groups excluding carboxylic acids is 1. The van der Waals surface area contributed by atoms with E-state index in [2.05, 4.69) is 6.92 Å². The van der Waals surface area contributed by atoms with Gasteiger partial charge in [-0.1, -0.05) is 26.2 Å². The predicted octanol–water partition coefficient (Wildman–Crippen LogP) is 3.67. The third kappa shape index (κ3) is 2.68. The van der Waals surface area contributed by atoms with Gasteiger partial charge in [-0.15, -0.1) is 0 Å².